The number of hydrogen-bond donors (Lipinski definition) is 1. The highest BCUT2D eigenvalue weighted by Crippen LogP contribution is 2.25. The lowest BCUT2D eigenvalue weighted by atomic mass is 10.1. The molecule has 0 radical (unpaired) electrons. The van der Waals surface area contributed by atoms with E-state index >= 15 is 0 Å². The quantitative estimate of drug-likeness (QED) is 0.808. The van der Waals surface area contributed by atoms with Gasteiger partial charge in [0.15, 0.2) is 0 Å². The van der Waals surface area contributed by atoms with Gasteiger partial charge in [0.1, 0.15) is 5.75 Å². The van der Waals surface area contributed by atoms with Crippen molar-refractivity contribution in [3.05, 3.63) is 23.8 Å². The molecule has 1 atom stereocenters. The second-order valence-electron chi connectivity index (χ2n) is 4.90. The van der Waals surface area contributed by atoms with Crippen molar-refractivity contribution >= 4 is 5.69 Å². The summed E-state index contributed by atoms with van der Waals surface area (Å²) in [6.45, 7) is 6.14. The smallest absolute Gasteiger partial charge is 0.122 e. The molecular weight excluding hydrogens is 224 g/mol. The molecule has 0 heterocycles. The van der Waals surface area contributed by atoms with Gasteiger partial charge >= 0.3 is 0 Å². The Labute approximate surface area is 111 Å². The first-order valence-corrected chi connectivity index (χ1v) is 6.70. The van der Waals surface area contributed by atoms with Crippen LogP contribution in [0.4, 0.5) is 5.69 Å². The molecule has 0 amide bonds. The fraction of sp³-hybridized carbons (Fsp3) is 0.600. The van der Waals surface area contributed by atoms with Gasteiger partial charge in [-0.25, -0.2) is 0 Å². The number of benzene rings is 1. The van der Waals surface area contributed by atoms with Crippen LogP contribution < -0.4 is 15.4 Å². The molecule has 0 aromatic heterocycles. The molecule has 1 aromatic carbocycles. The van der Waals surface area contributed by atoms with E-state index in [1.807, 2.05) is 0 Å². The molecule has 1 aromatic rings. The highest BCUT2D eigenvalue weighted by molar-refractivity contribution is 5.52. The van der Waals surface area contributed by atoms with Crippen LogP contribution in [0.5, 0.6) is 5.75 Å². The molecule has 0 saturated heterocycles. The Morgan fingerprint density at radius 1 is 1.39 bits per heavy atom. The third-order valence-corrected chi connectivity index (χ3v) is 3.45. The van der Waals surface area contributed by atoms with Gasteiger partial charge < -0.3 is 15.4 Å². The highest BCUT2D eigenvalue weighted by Gasteiger charge is 2.07. The van der Waals surface area contributed by atoms with Crippen molar-refractivity contribution in [2.45, 2.75) is 26.7 Å². The number of nitrogens with zero attached hydrogens (tertiary/aromatic N) is 1. The van der Waals surface area contributed by atoms with E-state index in [1.165, 1.54) is 11.3 Å². The molecule has 102 valence electrons. The summed E-state index contributed by atoms with van der Waals surface area (Å²) in [6, 6.07) is 6.38. The monoisotopic (exact) mass is 250 g/mol. The molecule has 1 unspecified atom stereocenters. The molecule has 0 fully saturated rings. The predicted octanol–water partition coefficient (Wildman–Crippen LogP) is 2.68. The molecule has 0 spiro atoms. The maximum Gasteiger partial charge on any atom is 0.122 e. The Kier molecular flexibility index (Phi) is 5.99. The van der Waals surface area contributed by atoms with Gasteiger partial charge in [0.2, 0.25) is 0 Å². The van der Waals surface area contributed by atoms with E-state index in [0.29, 0.717) is 5.92 Å². The van der Waals surface area contributed by atoms with Crippen LogP contribution in [0.15, 0.2) is 18.2 Å². The number of hydrogen-bond acceptors (Lipinski definition) is 3. The molecule has 0 aliphatic carbocycles. The van der Waals surface area contributed by atoms with E-state index in [-0.39, 0.29) is 0 Å². The fourth-order valence-corrected chi connectivity index (χ4v) is 1.94. The summed E-state index contributed by atoms with van der Waals surface area (Å²) in [5, 5.41) is 0. The average Bonchev–Trinajstić information content (AvgIpc) is 2.43. The zero-order valence-corrected chi connectivity index (χ0v) is 12.1. The lowest BCUT2D eigenvalue weighted by molar-refractivity contribution is 0.410. The normalized spacial score (nSPS) is 12.3. The van der Waals surface area contributed by atoms with Gasteiger partial charge in [0.25, 0.3) is 0 Å². The van der Waals surface area contributed by atoms with Gasteiger partial charge in [0.05, 0.1) is 7.11 Å². The van der Waals surface area contributed by atoms with Crippen LogP contribution >= 0.6 is 0 Å². The van der Waals surface area contributed by atoms with E-state index in [1.54, 1.807) is 7.11 Å². The number of methoxy groups -OCH3 is 1. The van der Waals surface area contributed by atoms with E-state index in [2.05, 4.69) is 44.0 Å². The second kappa shape index (κ2) is 7.27. The lowest BCUT2D eigenvalue weighted by Gasteiger charge is -2.22. The maximum atomic E-state index is 5.65. The Balaban J connectivity index is 2.70. The van der Waals surface area contributed by atoms with Crippen LogP contribution in [0.3, 0.4) is 0 Å². The predicted molar refractivity (Wildman–Crippen MR) is 78.5 cm³/mol. The summed E-state index contributed by atoms with van der Waals surface area (Å²) in [5.74, 6) is 1.56. The molecular formula is C15H26N2O. The van der Waals surface area contributed by atoms with Gasteiger partial charge in [-0.3, -0.25) is 0 Å². The standard InChI is InChI=1S/C15H26N2O/c1-5-13-10-14(6-7-15(13)18-4)17(3)9-8-12(2)11-16/h6-7,10,12H,5,8-9,11,16H2,1-4H3. The minimum absolute atomic E-state index is 0.580. The first-order valence-electron chi connectivity index (χ1n) is 6.70. The Hall–Kier alpha value is -1.22. The number of anilines is 1. The Bertz CT molecular complexity index is 366. The molecule has 18 heavy (non-hydrogen) atoms. The molecule has 1 rings (SSSR count). The van der Waals surface area contributed by atoms with E-state index < -0.39 is 0 Å². The van der Waals surface area contributed by atoms with Crippen LogP contribution in [0, 0.1) is 5.92 Å². The Morgan fingerprint density at radius 3 is 2.67 bits per heavy atom. The van der Waals surface area contributed by atoms with Gasteiger partial charge in [0, 0.05) is 19.3 Å². The van der Waals surface area contributed by atoms with Gasteiger partial charge in [-0.1, -0.05) is 13.8 Å². The summed E-state index contributed by atoms with van der Waals surface area (Å²) in [6.07, 6.45) is 2.12. The van der Waals surface area contributed by atoms with Crippen molar-refractivity contribution in [3.63, 3.8) is 0 Å². The minimum atomic E-state index is 0.580. The number of nitrogens with two attached hydrogens (primary N) is 1. The minimum Gasteiger partial charge on any atom is -0.496 e. The molecule has 0 bridgehead atoms. The van der Waals surface area contributed by atoms with Crippen molar-refractivity contribution in [3.8, 4) is 5.75 Å². The third-order valence-electron chi connectivity index (χ3n) is 3.45. The van der Waals surface area contributed by atoms with Crippen LogP contribution in [0.2, 0.25) is 0 Å². The van der Waals surface area contributed by atoms with Crippen molar-refractivity contribution in [1.82, 2.24) is 0 Å². The third kappa shape index (κ3) is 3.91. The van der Waals surface area contributed by atoms with Crippen molar-refractivity contribution < 1.29 is 4.74 Å². The second-order valence-corrected chi connectivity index (χ2v) is 4.90. The van der Waals surface area contributed by atoms with Crippen LogP contribution in [0.25, 0.3) is 0 Å². The molecule has 0 aliphatic rings. The molecule has 3 nitrogen and oxygen atoms in total. The van der Waals surface area contributed by atoms with Crippen molar-refractivity contribution in [2.75, 3.05) is 32.1 Å². The van der Waals surface area contributed by atoms with Crippen LogP contribution in [-0.2, 0) is 6.42 Å². The summed E-state index contributed by atoms with van der Waals surface area (Å²) in [5.41, 5.74) is 8.15. The first kappa shape index (κ1) is 14.8. The molecule has 3 heteroatoms. The Morgan fingerprint density at radius 2 is 2.11 bits per heavy atom. The first-order chi connectivity index (χ1) is 8.62. The summed E-state index contributed by atoms with van der Waals surface area (Å²) in [4.78, 5) is 2.28. The van der Waals surface area contributed by atoms with Gasteiger partial charge in [-0.15, -0.1) is 0 Å². The summed E-state index contributed by atoms with van der Waals surface area (Å²) in [7, 11) is 3.85. The maximum absolute atomic E-state index is 5.65. The summed E-state index contributed by atoms with van der Waals surface area (Å²) >= 11 is 0. The SMILES string of the molecule is CCc1cc(N(C)CCC(C)CN)ccc1OC. The van der Waals surface area contributed by atoms with E-state index in [9.17, 15) is 0 Å². The van der Waals surface area contributed by atoms with E-state index in [0.717, 1.165) is 31.7 Å². The number of rotatable bonds is 7. The molecule has 0 aliphatic heterocycles. The van der Waals surface area contributed by atoms with Crippen LogP contribution in [-0.4, -0.2) is 27.2 Å². The topological polar surface area (TPSA) is 38.5 Å². The number of ether oxygens (including phenoxy) is 1. The fourth-order valence-electron chi connectivity index (χ4n) is 1.94. The highest BCUT2D eigenvalue weighted by atomic mass is 16.5. The zero-order chi connectivity index (χ0) is 13.5. The zero-order valence-electron chi connectivity index (χ0n) is 12.1. The molecule has 2 N–H and O–H groups in total. The van der Waals surface area contributed by atoms with Gasteiger partial charge in [-0.2, -0.15) is 0 Å². The van der Waals surface area contributed by atoms with Gasteiger partial charge in [-0.05, 0) is 49.1 Å². The molecule has 0 saturated carbocycles. The summed E-state index contributed by atoms with van der Waals surface area (Å²) < 4.78 is 5.35. The van der Waals surface area contributed by atoms with E-state index in [4.69, 9.17) is 10.5 Å². The van der Waals surface area contributed by atoms with Crippen molar-refractivity contribution in [2.24, 2.45) is 11.7 Å². The average molecular weight is 250 g/mol. The lowest BCUT2D eigenvalue weighted by Crippen LogP contribution is -2.23. The van der Waals surface area contributed by atoms with Crippen LogP contribution in [0.1, 0.15) is 25.8 Å². The van der Waals surface area contributed by atoms with Crippen molar-refractivity contribution in [1.29, 1.82) is 0 Å². The largest absolute Gasteiger partial charge is 0.496 e. The number of aryl methyl sites for hydroxylation is 1.